The van der Waals surface area contributed by atoms with E-state index in [-0.39, 0.29) is 17.5 Å². The molecule has 0 saturated heterocycles. The Bertz CT molecular complexity index is 1220. The smallest absolute Gasteiger partial charge is 0.404 e. The number of fused-ring (bicyclic) bond motifs is 1. The van der Waals surface area contributed by atoms with Gasteiger partial charge in [0.25, 0.3) is 0 Å². The number of phenolic OH excluding ortho intramolecular Hbond substituents is 1. The fourth-order valence-corrected chi connectivity index (χ4v) is 4.88. The van der Waals surface area contributed by atoms with Gasteiger partial charge in [-0.25, -0.2) is 4.39 Å². The van der Waals surface area contributed by atoms with Crippen LogP contribution in [0.1, 0.15) is 55.3 Å². The lowest BCUT2D eigenvalue weighted by Gasteiger charge is -2.45. The van der Waals surface area contributed by atoms with Crippen molar-refractivity contribution in [2.24, 2.45) is 5.41 Å². The lowest BCUT2D eigenvalue weighted by molar-refractivity contribution is -0.256. The van der Waals surface area contributed by atoms with Crippen molar-refractivity contribution < 1.29 is 32.6 Å². The summed E-state index contributed by atoms with van der Waals surface area (Å²) in [5.41, 5.74) is 0.284. The van der Waals surface area contributed by atoms with E-state index in [9.17, 15) is 32.6 Å². The lowest BCUT2D eigenvalue weighted by atomic mass is 9.58. The molecule has 8 heteroatoms. The van der Waals surface area contributed by atoms with Crippen LogP contribution in [0.15, 0.2) is 36.4 Å². The minimum Gasteiger partial charge on any atom is -0.508 e. The molecule has 2 N–H and O–H groups in total. The first-order valence-corrected chi connectivity index (χ1v) is 10.3. The van der Waals surface area contributed by atoms with Gasteiger partial charge in [0.05, 0.1) is 5.52 Å². The molecule has 0 atom stereocenters. The van der Waals surface area contributed by atoms with E-state index in [1.165, 1.54) is 18.2 Å². The van der Waals surface area contributed by atoms with Gasteiger partial charge in [0, 0.05) is 16.8 Å². The molecule has 1 aromatic heterocycles. The Labute approximate surface area is 182 Å². The second-order valence-corrected chi connectivity index (χ2v) is 8.91. The zero-order valence-electron chi connectivity index (χ0n) is 17.8. The van der Waals surface area contributed by atoms with Gasteiger partial charge < -0.3 is 14.8 Å². The van der Waals surface area contributed by atoms with E-state index in [4.69, 9.17) is 0 Å². The molecule has 0 aliphatic heterocycles. The van der Waals surface area contributed by atoms with Crippen LogP contribution in [0.3, 0.4) is 0 Å². The number of hydrogen-bond donors (Lipinski definition) is 2. The molecule has 2 aromatic carbocycles. The van der Waals surface area contributed by atoms with Gasteiger partial charge >= 0.3 is 12.1 Å². The number of benzene rings is 2. The lowest BCUT2D eigenvalue weighted by Crippen LogP contribution is -2.53. The molecule has 4 rings (SSSR count). The van der Waals surface area contributed by atoms with Gasteiger partial charge in [-0.15, -0.1) is 0 Å². The number of phenols is 1. The van der Waals surface area contributed by atoms with E-state index >= 15 is 0 Å². The average Bonchev–Trinajstić information content (AvgIpc) is 2.96. The van der Waals surface area contributed by atoms with Crippen LogP contribution in [0.4, 0.5) is 17.6 Å². The molecule has 1 aliphatic rings. The number of carboxylic acid groups (broad SMARTS) is 1. The summed E-state index contributed by atoms with van der Waals surface area (Å²) in [4.78, 5) is 11.6. The summed E-state index contributed by atoms with van der Waals surface area (Å²) in [6, 6.07) is 9.26. The van der Waals surface area contributed by atoms with Crippen LogP contribution in [0, 0.1) is 18.2 Å². The van der Waals surface area contributed by atoms with Gasteiger partial charge in [-0.1, -0.05) is 13.8 Å². The van der Waals surface area contributed by atoms with Gasteiger partial charge in [0.2, 0.25) is 0 Å². The van der Waals surface area contributed by atoms with Crippen molar-refractivity contribution >= 4 is 16.9 Å². The van der Waals surface area contributed by atoms with Gasteiger partial charge in [-0.3, -0.25) is 4.79 Å². The second-order valence-electron chi connectivity index (χ2n) is 8.91. The predicted octanol–water partition coefficient (Wildman–Crippen LogP) is 6.42. The highest BCUT2D eigenvalue weighted by Crippen LogP contribution is 2.61. The summed E-state index contributed by atoms with van der Waals surface area (Å²) in [7, 11) is 0. The SMILES string of the molecule is Cc1cc(-n2c(C(C)C)c([C@H]3C[C@](C(=O)O)(C(F)(F)F)C3)c3cc(O)ccc32)ccc1F. The van der Waals surface area contributed by atoms with E-state index in [1.807, 2.05) is 18.4 Å². The number of alkyl halides is 3. The third kappa shape index (κ3) is 3.15. The van der Waals surface area contributed by atoms with Gasteiger partial charge in [0.15, 0.2) is 5.41 Å². The molecule has 3 aromatic rings. The van der Waals surface area contributed by atoms with Gasteiger partial charge in [-0.05, 0) is 79.1 Å². The third-order valence-corrected chi connectivity index (χ3v) is 6.52. The molecule has 0 amide bonds. The van der Waals surface area contributed by atoms with Crippen LogP contribution in [-0.4, -0.2) is 26.9 Å². The van der Waals surface area contributed by atoms with E-state index < -0.39 is 36.3 Å². The summed E-state index contributed by atoms with van der Waals surface area (Å²) in [5, 5.41) is 20.0. The van der Waals surface area contributed by atoms with Gasteiger partial charge in [-0.2, -0.15) is 13.2 Å². The van der Waals surface area contributed by atoms with Crippen molar-refractivity contribution in [1.82, 2.24) is 4.57 Å². The van der Waals surface area contributed by atoms with Crippen LogP contribution >= 0.6 is 0 Å². The maximum absolute atomic E-state index is 13.9. The number of carbonyl (C=O) groups is 1. The molecule has 1 saturated carbocycles. The number of hydrogen-bond acceptors (Lipinski definition) is 2. The number of aryl methyl sites for hydroxylation is 1. The largest absolute Gasteiger partial charge is 0.508 e. The summed E-state index contributed by atoms with van der Waals surface area (Å²) < 4.78 is 56.6. The minimum atomic E-state index is -4.86. The monoisotopic (exact) mass is 449 g/mol. The number of halogens is 4. The van der Waals surface area contributed by atoms with E-state index in [0.717, 1.165) is 5.69 Å². The highest BCUT2D eigenvalue weighted by molar-refractivity contribution is 5.90. The highest BCUT2D eigenvalue weighted by atomic mass is 19.4. The molecule has 0 unspecified atom stereocenters. The molecule has 32 heavy (non-hydrogen) atoms. The number of carboxylic acids is 1. The molecule has 1 fully saturated rings. The molecule has 0 spiro atoms. The molecular weight excluding hydrogens is 426 g/mol. The Kier molecular flexibility index (Phi) is 5.02. The Balaban J connectivity index is 1.96. The molecular formula is C24H23F4NO3. The Hall–Kier alpha value is -3.03. The standard InChI is InChI=1S/C24H23F4NO3/c1-12(2)21-20(14-10-23(11-14,22(31)32)24(26,27)28)17-9-16(30)5-7-19(17)29(21)15-4-6-18(25)13(3)8-15/h4-9,12,14,30H,10-11H2,1-3H3,(H,31,32)/t14-,23-. The van der Waals surface area contributed by atoms with Crippen molar-refractivity contribution in [2.45, 2.75) is 51.6 Å². The Morgan fingerprint density at radius 3 is 2.34 bits per heavy atom. The predicted molar refractivity (Wildman–Crippen MR) is 112 cm³/mol. The third-order valence-electron chi connectivity index (χ3n) is 6.52. The van der Waals surface area contributed by atoms with Gasteiger partial charge in [0.1, 0.15) is 11.6 Å². The average molecular weight is 449 g/mol. The summed E-state index contributed by atoms with van der Waals surface area (Å²) in [6.45, 7) is 5.43. The van der Waals surface area contributed by atoms with Crippen molar-refractivity contribution in [3.05, 3.63) is 59.0 Å². The molecule has 0 bridgehead atoms. The van der Waals surface area contributed by atoms with Crippen LogP contribution in [0.25, 0.3) is 16.6 Å². The zero-order chi connectivity index (χ0) is 23.6. The molecule has 0 radical (unpaired) electrons. The normalized spacial score (nSPS) is 21.2. The molecule has 1 heterocycles. The van der Waals surface area contributed by atoms with Crippen LogP contribution in [0.2, 0.25) is 0 Å². The van der Waals surface area contributed by atoms with Crippen molar-refractivity contribution in [2.75, 3.05) is 0 Å². The maximum Gasteiger partial charge on any atom is 0.404 e. The van der Waals surface area contributed by atoms with Crippen molar-refractivity contribution in [3.63, 3.8) is 0 Å². The van der Waals surface area contributed by atoms with Crippen molar-refractivity contribution in [3.8, 4) is 11.4 Å². The van der Waals surface area contributed by atoms with E-state index in [2.05, 4.69) is 0 Å². The summed E-state index contributed by atoms with van der Waals surface area (Å²) in [6.07, 6.45) is -5.99. The fourth-order valence-electron chi connectivity index (χ4n) is 4.88. The first kappa shape index (κ1) is 22.2. The fraction of sp³-hybridized carbons (Fsp3) is 0.375. The number of nitrogens with zero attached hydrogens (tertiary/aromatic N) is 1. The summed E-state index contributed by atoms with van der Waals surface area (Å²) >= 11 is 0. The molecule has 170 valence electrons. The number of aliphatic carboxylic acids is 1. The number of rotatable bonds is 4. The summed E-state index contributed by atoms with van der Waals surface area (Å²) in [5.74, 6) is -3.05. The zero-order valence-corrected chi connectivity index (χ0v) is 17.8. The topological polar surface area (TPSA) is 62.5 Å². The van der Waals surface area contributed by atoms with Crippen LogP contribution in [0.5, 0.6) is 5.75 Å². The maximum atomic E-state index is 13.9. The first-order chi connectivity index (χ1) is 14.9. The van der Waals surface area contributed by atoms with E-state index in [1.54, 1.807) is 25.1 Å². The first-order valence-electron chi connectivity index (χ1n) is 10.3. The highest BCUT2D eigenvalue weighted by Gasteiger charge is 2.67. The van der Waals surface area contributed by atoms with Crippen LogP contribution < -0.4 is 0 Å². The molecule has 1 aliphatic carbocycles. The van der Waals surface area contributed by atoms with E-state index in [0.29, 0.717) is 27.7 Å². The second kappa shape index (κ2) is 7.25. The minimum absolute atomic E-state index is 0.0406. The number of aromatic nitrogens is 1. The quantitative estimate of drug-likeness (QED) is 0.452. The van der Waals surface area contributed by atoms with Crippen LogP contribution in [-0.2, 0) is 4.79 Å². The number of aromatic hydroxyl groups is 1. The molecule has 4 nitrogen and oxygen atoms in total. The van der Waals surface area contributed by atoms with Crippen molar-refractivity contribution in [1.29, 1.82) is 0 Å². The Morgan fingerprint density at radius 1 is 1.16 bits per heavy atom. The Morgan fingerprint density at radius 2 is 1.81 bits per heavy atom.